The first-order valence-electron chi connectivity index (χ1n) is 4.56. The van der Waals surface area contributed by atoms with Crippen LogP contribution in [0.2, 0.25) is 0 Å². The van der Waals surface area contributed by atoms with Crippen molar-refractivity contribution in [1.29, 1.82) is 0 Å². The van der Waals surface area contributed by atoms with Crippen LogP contribution in [0.15, 0.2) is 0 Å². The van der Waals surface area contributed by atoms with Crippen molar-refractivity contribution in [2.45, 2.75) is 50.5 Å². The molecule has 0 fully saturated rings. The summed E-state index contributed by atoms with van der Waals surface area (Å²) in [5.74, 6) is 0.105. The highest BCUT2D eigenvalue weighted by Crippen LogP contribution is 2.41. The SMILES string of the molecule is CCC(C)CC(O)(CC)C(F)(F)Br. The number of hydrogen-bond donors (Lipinski definition) is 1. The van der Waals surface area contributed by atoms with E-state index < -0.39 is 10.4 Å². The summed E-state index contributed by atoms with van der Waals surface area (Å²) in [6.07, 6.45) is 0.971. The first-order chi connectivity index (χ1) is 5.77. The Labute approximate surface area is 86.7 Å². The molecule has 0 radical (unpaired) electrons. The molecule has 0 aromatic heterocycles. The molecule has 0 aromatic carbocycles. The monoisotopic (exact) mass is 258 g/mol. The predicted molar refractivity (Wildman–Crippen MR) is 53.2 cm³/mol. The van der Waals surface area contributed by atoms with Crippen molar-refractivity contribution in [3.63, 3.8) is 0 Å². The molecular formula is C9H17BrF2O. The van der Waals surface area contributed by atoms with Crippen LogP contribution in [0, 0.1) is 5.92 Å². The summed E-state index contributed by atoms with van der Waals surface area (Å²) >= 11 is 2.24. The second kappa shape index (κ2) is 4.69. The summed E-state index contributed by atoms with van der Waals surface area (Å²) in [5.41, 5.74) is -1.91. The first-order valence-corrected chi connectivity index (χ1v) is 5.35. The van der Waals surface area contributed by atoms with E-state index in [-0.39, 0.29) is 18.8 Å². The number of rotatable bonds is 5. The second-order valence-corrected chi connectivity index (χ2v) is 4.60. The Hall–Kier alpha value is 0.300. The molecule has 80 valence electrons. The molecule has 1 nitrogen and oxygen atoms in total. The van der Waals surface area contributed by atoms with Crippen molar-refractivity contribution in [2.75, 3.05) is 0 Å². The molecule has 0 bridgehead atoms. The third kappa shape index (κ3) is 3.50. The average Bonchev–Trinajstić information content (AvgIpc) is 2.02. The third-order valence-electron chi connectivity index (χ3n) is 2.50. The van der Waals surface area contributed by atoms with E-state index in [0.717, 1.165) is 6.42 Å². The van der Waals surface area contributed by atoms with Gasteiger partial charge in [-0.05, 0) is 34.7 Å². The largest absolute Gasteiger partial charge is 0.383 e. The molecule has 0 aliphatic carbocycles. The minimum Gasteiger partial charge on any atom is -0.383 e. The number of alkyl halides is 3. The van der Waals surface area contributed by atoms with E-state index >= 15 is 0 Å². The van der Waals surface area contributed by atoms with Crippen LogP contribution >= 0.6 is 15.9 Å². The molecule has 0 spiro atoms. The molecule has 0 rings (SSSR count). The lowest BCUT2D eigenvalue weighted by Crippen LogP contribution is -2.44. The van der Waals surface area contributed by atoms with Gasteiger partial charge in [-0.1, -0.05) is 27.2 Å². The van der Waals surface area contributed by atoms with Gasteiger partial charge in [0.25, 0.3) is 0 Å². The van der Waals surface area contributed by atoms with Crippen molar-refractivity contribution in [2.24, 2.45) is 5.92 Å². The van der Waals surface area contributed by atoms with Gasteiger partial charge in [0.05, 0.1) is 0 Å². The van der Waals surface area contributed by atoms with Crippen molar-refractivity contribution in [3.05, 3.63) is 0 Å². The Morgan fingerprint density at radius 2 is 1.85 bits per heavy atom. The smallest absolute Gasteiger partial charge is 0.329 e. The fourth-order valence-corrected chi connectivity index (χ4v) is 1.62. The predicted octanol–water partition coefficient (Wildman–Crippen LogP) is 3.55. The van der Waals surface area contributed by atoms with E-state index in [4.69, 9.17) is 0 Å². The van der Waals surface area contributed by atoms with Crippen molar-refractivity contribution >= 4 is 15.9 Å². The quantitative estimate of drug-likeness (QED) is 0.748. The summed E-state index contributed by atoms with van der Waals surface area (Å²) in [4.78, 5) is -3.20. The number of aliphatic hydroxyl groups is 1. The zero-order valence-electron chi connectivity index (χ0n) is 8.28. The van der Waals surface area contributed by atoms with Crippen LogP contribution in [-0.4, -0.2) is 15.5 Å². The molecule has 0 saturated heterocycles. The zero-order chi connectivity index (χ0) is 10.7. The molecule has 2 unspecified atom stereocenters. The van der Waals surface area contributed by atoms with Crippen LogP contribution in [0.5, 0.6) is 0 Å². The maximum Gasteiger partial charge on any atom is 0.329 e. The highest BCUT2D eigenvalue weighted by Gasteiger charge is 2.49. The summed E-state index contributed by atoms with van der Waals surface area (Å²) in [5, 5.41) is 9.66. The molecule has 2 atom stereocenters. The molecule has 0 aliphatic rings. The van der Waals surface area contributed by atoms with Crippen LogP contribution in [0.25, 0.3) is 0 Å². The Kier molecular flexibility index (Phi) is 4.80. The van der Waals surface area contributed by atoms with Gasteiger partial charge in [-0.15, -0.1) is 0 Å². The summed E-state index contributed by atoms with van der Waals surface area (Å²) < 4.78 is 25.9. The van der Waals surface area contributed by atoms with Gasteiger partial charge in [-0.3, -0.25) is 0 Å². The van der Waals surface area contributed by atoms with Crippen molar-refractivity contribution < 1.29 is 13.9 Å². The lowest BCUT2D eigenvalue weighted by atomic mass is 9.88. The number of halogens is 3. The first kappa shape index (κ1) is 13.3. The van der Waals surface area contributed by atoms with Crippen LogP contribution < -0.4 is 0 Å². The molecule has 0 amide bonds. The summed E-state index contributed by atoms with van der Waals surface area (Å²) in [6.45, 7) is 5.35. The molecular weight excluding hydrogens is 242 g/mol. The zero-order valence-corrected chi connectivity index (χ0v) is 9.87. The fourth-order valence-electron chi connectivity index (χ4n) is 1.18. The van der Waals surface area contributed by atoms with Gasteiger partial charge in [0, 0.05) is 0 Å². The van der Waals surface area contributed by atoms with E-state index in [1.165, 1.54) is 0 Å². The minimum atomic E-state index is -3.20. The molecule has 4 heteroatoms. The minimum absolute atomic E-state index is 0.0512. The summed E-state index contributed by atoms with van der Waals surface area (Å²) in [6, 6.07) is 0. The van der Waals surface area contributed by atoms with E-state index in [1.807, 2.05) is 13.8 Å². The van der Waals surface area contributed by atoms with Gasteiger partial charge >= 0.3 is 4.83 Å². The van der Waals surface area contributed by atoms with E-state index in [9.17, 15) is 13.9 Å². The summed E-state index contributed by atoms with van der Waals surface area (Å²) in [7, 11) is 0. The van der Waals surface area contributed by atoms with Gasteiger partial charge in [0.2, 0.25) is 0 Å². The van der Waals surface area contributed by atoms with Gasteiger partial charge in [0.15, 0.2) is 0 Å². The molecule has 13 heavy (non-hydrogen) atoms. The maximum atomic E-state index is 12.9. The lowest BCUT2D eigenvalue weighted by molar-refractivity contribution is -0.129. The second-order valence-electron chi connectivity index (χ2n) is 3.60. The highest BCUT2D eigenvalue weighted by molar-refractivity contribution is 9.10. The van der Waals surface area contributed by atoms with Crippen LogP contribution in [0.4, 0.5) is 8.78 Å². The van der Waals surface area contributed by atoms with Crippen molar-refractivity contribution in [3.8, 4) is 0 Å². The van der Waals surface area contributed by atoms with Crippen LogP contribution in [0.1, 0.15) is 40.0 Å². The van der Waals surface area contributed by atoms with Crippen LogP contribution in [0.3, 0.4) is 0 Å². The van der Waals surface area contributed by atoms with E-state index in [0.29, 0.717) is 0 Å². The average molecular weight is 259 g/mol. The Morgan fingerprint density at radius 1 is 1.38 bits per heavy atom. The topological polar surface area (TPSA) is 20.2 Å². The number of hydrogen-bond acceptors (Lipinski definition) is 1. The van der Waals surface area contributed by atoms with Crippen molar-refractivity contribution in [1.82, 2.24) is 0 Å². The molecule has 0 saturated carbocycles. The fraction of sp³-hybridized carbons (Fsp3) is 1.00. The highest BCUT2D eigenvalue weighted by atomic mass is 79.9. The molecule has 1 N–H and O–H groups in total. The Bertz CT molecular complexity index is 158. The molecule has 0 aliphatic heterocycles. The third-order valence-corrected chi connectivity index (χ3v) is 3.23. The van der Waals surface area contributed by atoms with Gasteiger partial charge in [0.1, 0.15) is 5.60 Å². The Morgan fingerprint density at radius 3 is 2.08 bits per heavy atom. The van der Waals surface area contributed by atoms with Crippen LogP contribution in [-0.2, 0) is 0 Å². The van der Waals surface area contributed by atoms with E-state index in [2.05, 4.69) is 15.9 Å². The van der Waals surface area contributed by atoms with Gasteiger partial charge < -0.3 is 5.11 Å². The van der Waals surface area contributed by atoms with E-state index in [1.54, 1.807) is 6.92 Å². The molecule has 0 aromatic rings. The van der Waals surface area contributed by atoms with Gasteiger partial charge in [-0.2, -0.15) is 8.78 Å². The molecule has 0 heterocycles. The lowest BCUT2D eigenvalue weighted by Gasteiger charge is -2.33. The normalized spacial score (nSPS) is 19.6. The van der Waals surface area contributed by atoms with Gasteiger partial charge in [-0.25, -0.2) is 0 Å². The standard InChI is InChI=1S/C9H17BrF2O/c1-4-7(3)6-8(13,5-2)9(10,11)12/h7,13H,4-6H2,1-3H3. The Balaban J connectivity index is 4.46. The maximum absolute atomic E-state index is 12.9.